The molecule has 0 aromatic heterocycles. The van der Waals surface area contributed by atoms with E-state index in [0.29, 0.717) is 19.4 Å². The normalized spacial score (nSPS) is 32.2. The van der Waals surface area contributed by atoms with E-state index in [0.717, 1.165) is 25.7 Å². The first-order valence-corrected chi connectivity index (χ1v) is 9.11. The highest BCUT2D eigenvalue weighted by atomic mass is 16.4. The van der Waals surface area contributed by atoms with Crippen LogP contribution in [-0.2, 0) is 4.79 Å². The monoisotopic (exact) mass is 353 g/mol. The third kappa shape index (κ3) is 5.09. The second kappa shape index (κ2) is 7.22. The van der Waals surface area contributed by atoms with Crippen LogP contribution in [0.4, 0.5) is 9.59 Å². The molecule has 7 nitrogen and oxygen atoms in total. The Bertz CT molecular complexity index is 548. The largest absolute Gasteiger partial charge is 0.465 e. The van der Waals surface area contributed by atoms with Crippen LogP contribution >= 0.6 is 0 Å². The standard InChI is InChI=1S/C18H31N3O4/c1-12-6-5-7-14(22)21(12)15(23)20-13-8-17(2,3)10-18(4,9-13)11-19-16(24)25/h12-13,19H,5-11H2,1-4H3,(H,20,23)(H,24,25). The molecule has 1 aliphatic carbocycles. The molecule has 3 N–H and O–H groups in total. The highest BCUT2D eigenvalue weighted by Gasteiger charge is 2.43. The Balaban J connectivity index is 2.05. The minimum absolute atomic E-state index is 0.0113. The van der Waals surface area contributed by atoms with Gasteiger partial charge in [0.25, 0.3) is 0 Å². The van der Waals surface area contributed by atoms with E-state index < -0.39 is 6.09 Å². The molecule has 0 spiro atoms. The molecule has 4 amide bonds. The van der Waals surface area contributed by atoms with E-state index in [-0.39, 0.29) is 34.9 Å². The predicted octanol–water partition coefficient (Wildman–Crippen LogP) is 2.95. The van der Waals surface area contributed by atoms with Crippen LogP contribution in [0.25, 0.3) is 0 Å². The molecule has 25 heavy (non-hydrogen) atoms. The predicted molar refractivity (Wildman–Crippen MR) is 94.2 cm³/mol. The van der Waals surface area contributed by atoms with Gasteiger partial charge in [-0.3, -0.25) is 9.69 Å². The minimum atomic E-state index is -1.03. The third-order valence-corrected chi connectivity index (χ3v) is 5.38. The number of carbonyl (C=O) groups is 3. The van der Waals surface area contributed by atoms with Gasteiger partial charge in [0.15, 0.2) is 0 Å². The number of hydrogen-bond acceptors (Lipinski definition) is 3. The van der Waals surface area contributed by atoms with Gasteiger partial charge in [0.2, 0.25) is 5.91 Å². The van der Waals surface area contributed by atoms with Crippen molar-refractivity contribution in [2.75, 3.05) is 6.54 Å². The lowest BCUT2D eigenvalue weighted by molar-refractivity contribution is -0.132. The Hall–Kier alpha value is -1.79. The minimum Gasteiger partial charge on any atom is -0.465 e. The van der Waals surface area contributed by atoms with Crippen LogP contribution in [0.15, 0.2) is 0 Å². The zero-order chi connectivity index (χ0) is 18.8. The Morgan fingerprint density at radius 3 is 2.56 bits per heavy atom. The molecule has 0 bridgehead atoms. The first-order chi connectivity index (χ1) is 11.5. The summed E-state index contributed by atoms with van der Waals surface area (Å²) in [5.41, 5.74) is -0.238. The van der Waals surface area contributed by atoms with Crippen molar-refractivity contribution >= 4 is 18.0 Å². The van der Waals surface area contributed by atoms with Crippen molar-refractivity contribution in [2.45, 2.75) is 78.3 Å². The molecule has 1 aliphatic heterocycles. The van der Waals surface area contributed by atoms with Gasteiger partial charge in [-0.05, 0) is 49.9 Å². The molecule has 1 saturated carbocycles. The maximum atomic E-state index is 12.7. The number of urea groups is 1. The van der Waals surface area contributed by atoms with Crippen LogP contribution in [0.1, 0.15) is 66.2 Å². The smallest absolute Gasteiger partial charge is 0.404 e. The number of imide groups is 1. The van der Waals surface area contributed by atoms with Crippen LogP contribution in [0.5, 0.6) is 0 Å². The maximum Gasteiger partial charge on any atom is 0.404 e. The van der Waals surface area contributed by atoms with E-state index in [1.165, 1.54) is 4.90 Å². The highest BCUT2D eigenvalue weighted by molar-refractivity contribution is 5.95. The van der Waals surface area contributed by atoms with Crippen molar-refractivity contribution in [2.24, 2.45) is 10.8 Å². The summed E-state index contributed by atoms with van der Waals surface area (Å²) < 4.78 is 0. The second-order valence-electron chi connectivity index (χ2n) is 8.87. The molecule has 0 aromatic rings. The van der Waals surface area contributed by atoms with Crippen LogP contribution < -0.4 is 10.6 Å². The van der Waals surface area contributed by atoms with Gasteiger partial charge in [-0.1, -0.05) is 20.8 Å². The number of likely N-dealkylation sites (tertiary alicyclic amines) is 1. The average molecular weight is 353 g/mol. The Kier molecular flexibility index (Phi) is 5.64. The zero-order valence-corrected chi connectivity index (χ0v) is 15.7. The average Bonchev–Trinajstić information content (AvgIpc) is 2.43. The van der Waals surface area contributed by atoms with Crippen LogP contribution in [0.3, 0.4) is 0 Å². The molecule has 2 rings (SSSR count). The van der Waals surface area contributed by atoms with Crippen molar-refractivity contribution in [3.05, 3.63) is 0 Å². The van der Waals surface area contributed by atoms with E-state index >= 15 is 0 Å². The fourth-order valence-corrected chi connectivity index (χ4v) is 4.76. The summed E-state index contributed by atoms with van der Waals surface area (Å²) in [7, 11) is 0. The molecule has 1 saturated heterocycles. The van der Waals surface area contributed by atoms with Crippen molar-refractivity contribution in [1.29, 1.82) is 0 Å². The van der Waals surface area contributed by atoms with Crippen LogP contribution in [0, 0.1) is 10.8 Å². The summed E-state index contributed by atoms with van der Waals surface area (Å²) in [6.45, 7) is 8.59. The molecule has 0 aromatic carbocycles. The number of rotatable bonds is 3. The van der Waals surface area contributed by atoms with Gasteiger partial charge in [0.05, 0.1) is 0 Å². The van der Waals surface area contributed by atoms with E-state index in [9.17, 15) is 14.4 Å². The Morgan fingerprint density at radius 2 is 1.96 bits per heavy atom. The number of carbonyl (C=O) groups excluding carboxylic acids is 2. The molecule has 2 fully saturated rings. The topological polar surface area (TPSA) is 98.7 Å². The van der Waals surface area contributed by atoms with Crippen molar-refractivity contribution in [1.82, 2.24) is 15.5 Å². The van der Waals surface area contributed by atoms with Crippen molar-refractivity contribution in [3.8, 4) is 0 Å². The number of amides is 4. The third-order valence-electron chi connectivity index (χ3n) is 5.38. The highest BCUT2D eigenvalue weighted by Crippen LogP contribution is 2.45. The SMILES string of the molecule is CC1CCCC(=O)N1C(=O)NC1CC(C)(C)CC(C)(CNC(=O)O)C1. The van der Waals surface area contributed by atoms with E-state index in [1.807, 2.05) is 6.92 Å². The second-order valence-corrected chi connectivity index (χ2v) is 8.87. The molecular formula is C18H31N3O4. The summed E-state index contributed by atoms with van der Waals surface area (Å²) in [5, 5.41) is 14.4. The van der Waals surface area contributed by atoms with Gasteiger partial charge in [0.1, 0.15) is 0 Å². The number of hydrogen-bond donors (Lipinski definition) is 3. The number of carboxylic acid groups (broad SMARTS) is 1. The van der Waals surface area contributed by atoms with Gasteiger partial charge in [0, 0.05) is 25.0 Å². The first-order valence-electron chi connectivity index (χ1n) is 9.11. The molecule has 0 radical (unpaired) electrons. The van der Waals surface area contributed by atoms with Crippen molar-refractivity contribution in [3.63, 3.8) is 0 Å². The maximum absolute atomic E-state index is 12.7. The molecule has 7 heteroatoms. The molecule has 2 aliphatic rings. The fourth-order valence-electron chi connectivity index (χ4n) is 4.76. The van der Waals surface area contributed by atoms with E-state index in [2.05, 4.69) is 31.4 Å². The zero-order valence-electron chi connectivity index (χ0n) is 15.7. The van der Waals surface area contributed by atoms with Gasteiger partial charge in [-0.2, -0.15) is 0 Å². The first kappa shape index (κ1) is 19.5. The molecule has 1 heterocycles. The van der Waals surface area contributed by atoms with Gasteiger partial charge >= 0.3 is 12.1 Å². The lowest BCUT2D eigenvalue weighted by Gasteiger charge is -2.47. The van der Waals surface area contributed by atoms with E-state index in [1.54, 1.807) is 0 Å². The molecular weight excluding hydrogens is 322 g/mol. The lowest BCUT2D eigenvalue weighted by Crippen LogP contribution is -2.56. The summed E-state index contributed by atoms with van der Waals surface area (Å²) >= 11 is 0. The van der Waals surface area contributed by atoms with Crippen LogP contribution in [0.2, 0.25) is 0 Å². The Labute approximate surface area is 149 Å². The van der Waals surface area contributed by atoms with Gasteiger partial charge in [-0.25, -0.2) is 9.59 Å². The number of piperidine rings is 1. The van der Waals surface area contributed by atoms with Crippen molar-refractivity contribution < 1.29 is 19.5 Å². The quantitative estimate of drug-likeness (QED) is 0.726. The van der Waals surface area contributed by atoms with Crippen LogP contribution in [-0.4, -0.2) is 46.7 Å². The molecule has 3 atom stereocenters. The number of nitrogens with one attached hydrogen (secondary N) is 2. The molecule has 3 unspecified atom stereocenters. The van der Waals surface area contributed by atoms with E-state index in [4.69, 9.17) is 5.11 Å². The summed E-state index contributed by atoms with van der Waals surface area (Å²) in [4.78, 5) is 37.0. The summed E-state index contributed by atoms with van der Waals surface area (Å²) in [6, 6.07) is -0.454. The summed E-state index contributed by atoms with van der Waals surface area (Å²) in [5.74, 6) is -0.110. The lowest BCUT2D eigenvalue weighted by atomic mass is 9.62. The Morgan fingerprint density at radius 1 is 1.28 bits per heavy atom. The number of nitrogens with zero attached hydrogens (tertiary/aromatic N) is 1. The van der Waals surface area contributed by atoms with Gasteiger partial charge in [-0.15, -0.1) is 0 Å². The molecule has 142 valence electrons. The van der Waals surface area contributed by atoms with Gasteiger partial charge < -0.3 is 15.7 Å². The fraction of sp³-hybridized carbons (Fsp3) is 0.833. The summed E-state index contributed by atoms with van der Waals surface area (Å²) in [6.07, 6.45) is 3.46.